The molecule has 3 amide bonds. The molecule has 1 aliphatic heterocycles. The summed E-state index contributed by atoms with van der Waals surface area (Å²) in [5, 5.41) is 9.01. The molecule has 0 aromatic heterocycles. The topological polar surface area (TPSA) is 141 Å². The standard InChI is InChI=1S/C39H54ClN3O8/c1-24(22-50-23-26-13-16-28(48-8)17-14-26)32-11-10-12-34(44)42-30(20-27-15-18-33(49-9)29(40)19-27)35(45)41-25(2)39(6,7)37(47)43-31(36(46)51-32)21-38(3,4)5/h10,12-19,24-25,30-32H,11,20-23H2,1-9H3,(H,41,45)(H,42,44)(H,43,47)/b12-10-/t24-,25+,30-,31+,32+/m1/s1. The third-order valence-corrected chi connectivity index (χ3v) is 9.37. The van der Waals surface area contributed by atoms with Crippen LogP contribution in [0.5, 0.6) is 11.5 Å². The van der Waals surface area contributed by atoms with Gasteiger partial charge in [0.1, 0.15) is 29.7 Å². The molecule has 0 bridgehead atoms. The lowest BCUT2D eigenvalue weighted by molar-refractivity contribution is -0.158. The highest BCUT2D eigenvalue weighted by atomic mass is 35.5. The molecule has 5 atom stereocenters. The number of carbonyl (C=O) groups is 4. The van der Waals surface area contributed by atoms with Gasteiger partial charge < -0.3 is 34.9 Å². The van der Waals surface area contributed by atoms with Gasteiger partial charge in [0.2, 0.25) is 17.7 Å². The summed E-state index contributed by atoms with van der Waals surface area (Å²) in [6.07, 6.45) is 2.90. The average molecular weight is 728 g/mol. The second-order valence-corrected chi connectivity index (χ2v) is 15.3. The number of carbonyl (C=O) groups excluding carboxylic acids is 4. The summed E-state index contributed by atoms with van der Waals surface area (Å²) in [6, 6.07) is 10.0. The number of rotatable bonds is 10. The van der Waals surface area contributed by atoms with Gasteiger partial charge in [0.25, 0.3) is 0 Å². The first kappa shape index (κ1) is 41.3. The zero-order valence-electron chi connectivity index (χ0n) is 31.3. The third kappa shape index (κ3) is 12.6. The molecule has 51 heavy (non-hydrogen) atoms. The Morgan fingerprint density at radius 3 is 2.22 bits per heavy atom. The Hall–Kier alpha value is -4.09. The summed E-state index contributed by atoms with van der Waals surface area (Å²) in [5.74, 6) is -1.05. The zero-order chi connectivity index (χ0) is 37.9. The molecular weight excluding hydrogens is 674 g/mol. The molecule has 0 radical (unpaired) electrons. The molecule has 1 heterocycles. The van der Waals surface area contributed by atoms with E-state index in [0.717, 1.165) is 11.3 Å². The molecular formula is C39H54ClN3O8. The Labute approximate surface area is 307 Å². The Morgan fingerprint density at radius 1 is 0.941 bits per heavy atom. The van der Waals surface area contributed by atoms with Crippen LogP contribution >= 0.6 is 11.6 Å². The fourth-order valence-corrected chi connectivity index (χ4v) is 5.75. The molecule has 2 aromatic carbocycles. The lowest BCUT2D eigenvalue weighted by Crippen LogP contribution is -2.58. The highest BCUT2D eigenvalue weighted by Gasteiger charge is 2.40. The highest BCUT2D eigenvalue weighted by molar-refractivity contribution is 6.32. The van der Waals surface area contributed by atoms with Crippen molar-refractivity contribution < 1.29 is 38.1 Å². The van der Waals surface area contributed by atoms with E-state index in [2.05, 4.69) is 16.0 Å². The van der Waals surface area contributed by atoms with E-state index in [1.165, 1.54) is 13.2 Å². The molecule has 2 aromatic rings. The van der Waals surface area contributed by atoms with Crippen LogP contribution in [-0.4, -0.2) is 68.7 Å². The van der Waals surface area contributed by atoms with E-state index in [9.17, 15) is 19.2 Å². The van der Waals surface area contributed by atoms with E-state index in [1.54, 1.807) is 52.2 Å². The highest BCUT2D eigenvalue weighted by Crippen LogP contribution is 2.28. The molecule has 0 saturated carbocycles. The fraction of sp³-hybridized carbons (Fsp3) is 0.538. The van der Waals surface area contributed by atoms with E-state index in [-0.39, 0.29) is 30.8 Å². The molecule has 0 spiro atoms. The number of cyclic esters (lactones) is 1. The molecule has 0 aliphatic carbocycles. The normalized spacial score (nSPS) is 23.3. The minimum Gasteiger partial charge on any atom is -0.497 e. The van der Waals surface area contributed by atoms with Crippen LogP contribution in [0.3, 0.4) is 0 Å². The average Bonchev–Trinajstić information content (AvgIpc) is 3.06. The molecule has 0 fully saturated rings. The largest absolute Gasteiger partial charge is 0.497 e. The SMILES string of the molecule is COc1ccc(COC[C@@H](C)[C@@H]2C/C=C\C(=O)N[C@H](Cc3ccc(OC)c(Cl)c3)C(=O)N[C@@H](C)C(C)(C)C(=O)N[C@@H](CC(C)(C)C)C(=O)O2)cc1. The van der Waals surface area contributed by atoms with Crippen LogP contribution in [0, 0.1) is 16.7 Å². The first-order valence-corrected chi connectivity index (χ1v) is 17.6. The quantitative estimate of drug-likeness (QED) is 0.270. The number of hydrogen-bond donors (Lipinski definition) is 3. The number of hydrogen-bond acceptors (Lipinski definition) is 8. The van der Waals surface area contributed by atoms with Crippen LogP contribution in [0.1, 0.15) is 72.4 Å². The minimum atomic E-state index is -1.15. The lowest BCUT2D eigenvalue weighted by Gasteiger charge is -2.35. The van der Waals surface area contributed by atoms with Gasteiger partial charge in [-0.3, -0.25) is 14.4 Å². The molecule has 280 valence electrons. The van der Waals surface area contributed by atoms with Gasteiger partial charge in [-0.1, -0.05) is 63.6 Å². The number of benzene rings is 2. The molecule has 3 rings (SSSR count). The van der Waals surface area contributed by atoms with Crippen molar-refractivity contribution in [2.24, 2.45) is 16.7 Å². The Balaban J connectivity index is 1.92. The van der Waals surface area contributed by atoms with Crippen LogP contribution in [0.15, 0.2) is 54.6 Å². The summed E-state index contributed by atoms with van der Waals surface area (Å²) >= 11 is 6.35. The summed E-state index contributed by atoms with van der Waals surface area (Å²) < 4.78 is 22.6. The van der Waals surface area contributed by atoms with Gasteiger partial charge in [-0.05, 0) is 74.1 Å². The van der Waals surface area contributed by atoms with Crippen molar-refractivity contribution in [2.45, 2.75) is 98.6 Å². The summed E-state index contributed by atoms with van der Waals surface area (Å²) in [5.41, 5.74) is 0.169. The van der Waals surface area contributed by atoms with Crippen molar-refractivity contribution in [3.63, 3.8) is 0 Å². The molecule has 0 unspecified atom stereocenters. The fourth-order valence-electron chi connectivity index (χ4n) is 5.47. The first-order valence-electron chi connectivity index (χ1n) is 17.3. The van der Waals surface area contributed by atoms with Gasteiger partial charge in [0.05, 0.1) is 37.9 Å². The maximum Gasteiger partial charge on any atom is 0.328 e. The van der Waals surface area contributed by atoms with E-state index in [4.69, 9.17) is 30.5 Å². The lowest BCUT2D eigenvalue weighted by atomic mass is 9.82. The number of halogens is 1. The number of amides is 3. The van der Waals surface area contributed by atoms with Gasteiger partial charge in [-0.15, -0.1) is 0 Å². The van der Waals surface area contributed by atoms with Crippen molar-refractivity contribution in [1.29, 1.82) is 0 Å². The first-order chi connectivity index (χ1) is 23.9. The van der Waals surface area contributed by atoms with Gasteiger partial charge in [-0.2, -0.15) is 0 Å². The van der Waals surface area contributed by atoms with Crippen LogP contribution in [0.4, 0.5) is 0 Å². The Morgan fingerprint density at radius 2 is 1.61 bits per heavy atom. The van der Waals surface area contributed by atoms with E-state index in [1.807, 2.05) is 52.0 Å². The summed E-state index contributed by atoms with van der Waals surface area (Å²) in [4.78, 5) is 54.6. The van der Waals surface area contributed by atoms with Crippen LogP contribution < -0.4 is 25.4 Å². The molecule has 12 heteroatoms. The van der Waals surface area contributed by atoms with Gasteiger partial charge in [0.15, 0.2) is 0 Å². The van der Waals surface area contributed by atoms with Crippen LogP contribution in [-0.2, 0) is 41.7 Å². The zero-order valence-corrected chi connectivity index (χ0v) is 32.0. The monoisotopic (exact) mass is 727 g/mol. The maximum absolute atomic E-state index is 13.8. The number of nitrogens with one attached hydrogen (secondary N) is 3. The van der Waals surface area contributed by atoms with Crippen molar-refractivity contribution in [3.05, 3.63) is 70.8 Å². The van der Waals surface area contributed by atoms with Crippen molar-refractivity contribution in [1.82, 2.24) is 16.0 Å². The van der Waals surface area contributed by atoms with Gasteiger partial charge >= 0.3 is 5.97 Å². The summed E-state index contributed by atoms with van der Waals surface area (Å²) in [6.45, 7) is 13.5. The van der Waals surface area contributed by atoms with Gasteiger partial charge in [0, 0.05) is 24.8 Å². The van der Waals surface area contributed by atoms with E-state index in [0.29, 0.717) is 29.4 Å². The number of esters is 1. The molecule has 1 aliphatic rings. The third-order valence-electron chi connectivity index (χ3n) is 9.07. The summed E-state index contributed by atoms with van der Waals surface area (Å²) in [7, 11) is 3.11. The Bertz CT molecular complexity index is 1540. The van der Waals surface area contributed by atoms with Crippen molar-refractivity contribution >= 4 is 35.3 Å². The second-order valence-electron chi connectivity index (χ2n) is 14.9. The van der Waals surface area contributed by atoms with Gasteiger partial charge in [-0.25, -0.2) is 4.79 Å². The predicted octanol–water partition coefficient (Wildman–Crippen LogP) is 5.56. The predicted molar refractivity (Wildman–Crippen MR) is 196 cm³/mol. The number of methoxy groups -OCH3 is 2. The minimum absolute atomic E-state index is 0.130. The molecule has 11 nitrogen and oxygen atoms in total. The van der Waals surface area contributed by atoms with Crippen molar-refractivity contribution in [3.8, 4) is 11.5 Å². The second kappa shape index (κ2) is 18.4. The number of ether oxygens (including phenoxy) is 4. The maximum atomic E-state index is 13.8. The smallest absolute Gasteiger partial charge is 0.328 e. The van der Waals surface area contributed by atoms with Crippen LogP contribution in [0.2, 0.25) is 5.02 Å². The Kier molecular flexibility index (Phi) is 14.9. The van der Waals surface area contributed by atoms with E-state index < -0.39 is 53.3 Å². The molecule has 0 saturated heterocycles. The van der Waals surface area contributed by atoms with Crippen LogP contribution in [0.25, 0.3) is 0 Å². The van der Waals surface area contributed by atoms with Crippen molar-refractivity contribution in [2.75, 3.05) is 20.8 Å². The molecule has 3 N–H and O–H groups in total. The van der Waals surface area contributed by atoms with E-state index >= 15 is 0 Å².